The highest BCUT2D eigenvalue weighted by Crippen LogP contribution is 2.25. The first-order valence-corrected chi connectivity index (χ1v) is 10.8. The molecule has 2 aromatic carbocycles. The minimum atomic E-state index is -0.324. The molecule has 2 aromatic heterocycles. The molecule has 0 fully saturated rings. The molecule has 8 heteroatoms. The molecule has 1 N–H and O–H groups in total. The monoisotopic (exact) mass is 431 g/mol. The van der Waals surface area contributed by atoms with E-state index in [0.717, 1.165) is 21.9 Å². The van der Waals surface area contributed by atoms with Crippen molar-refractivity contribution < 1.29 is 9.53 Å². The molecule has 31 heavy (non-hydrogen) atoms. The van der Waals surface area contributed by atoms with Gasteiger partial charge in [-0.2, -0.15) is 0 Å². The Balaban J connectivity index is 1.66. The summed E-state index contributed by atoms with van der Waals surface area (Å²) in [6, 6.07) is 21.0. The summed E-state index contributed by atoms with van der Waals surface area (Å²) in [7, 11) is 1.61. The first-order valence-electron chi connectivity index (χ1n) is 9.62. The molecule has 0 spiro atoms. The molecule has 0 aliphatic carbocycles. The summed E-state index contributed by atoms with van der Waals surface area (Å²) in [6.07, 6.45) is 3.70. The van der Waals surface area contributed by atoms with E-state index in [1.165, 1.54) is 0 Å². The third kappa shape index (κ3) is 4.59. The third-order valence-corrected chi connectivity index (χ3v) is 5.44. The molecule has 0 radical (unpaired) electrons. The summed E-state index contributed by atoms with van der Waals surface area (Å²) < 4.78 is 6.89. The Morgan fingerprint density at radius 1 is 1.10 bits per heavy atom. The number of ether oxygens (including phenoxy) is 1. The number of benzene rings is 2. The van der Waals surface area contributed by atoms with Gasteiger partial charge >= 0.3 is 0 Å². The molecule has 156 valence electrons. The Morgan fingerprint density at radius 3 is 2.65 bits per heavy atom. The van der Waals surface area contributed by atoms with E-state index >= 15 is 0 Å². The predicted molar refractivity (Wildman–Crippen MR) is 121 cm³/mol. The normalized spacial score (nSPS) is 10.6. The van der Waals surface area contributed by atoms with E-state index in [1.54, 1.807) is 29.8 Å². The highest BCUT2D eigenvalue weighted by Gasteiger charge is 2.23. The van der Waals surface area contributed by atoms with E-state index in [1.807, 2.05) is 73.0 Å². The first kappa shape index (κ1) is 20.6. The molecule has 0 saturated carbocycles. The number of methoxy groups -OCH3 is 1. The molecule has 0 bridgehead atoms. The van der Waals surface area contributed by atoms with Gasteiger partial charge in [-0.1, -0.05) is 23.4 Å². The van der Waals surface area contributed by atoms with Crippen LogP contribution in [0.15, 0.2) is 77.8 Å². The average Bonchev–Trinajstić information content (AvgIpc) is 3.28. The molecule has 4 aromatic rings. The van der Waals surface area contributed by atoms with Gasteiger partial charge in [-0.25, -0.2) is 4.68 Å². The number of carbonyl (C=O) groups excluding carboxylic acids is 1. The molecule has 2 heterocycles. The second kappa shape index (κ2) is 9.44. The predicted octanol–water partition coefficient (Wildman–Crippen LogP) is 3.99. The van der Waals surface area contributed by atoms with Crippen molar-refractivity contribution >= 4 is 17.7 Å². The summed E-state index contributed by atoms with van der Waals surface area (Å²) in [5, 5.41) is 11.4. The van der Waals surface area contributed by atoms with Gasteiger partial charge in [0.1, 0.15) is 11.4 Å². The molecule has 0 unspecified atom stereocenters. The van der Waals surface area contributed by atoms with E-state index in [0.29, 0.717) is 17.9 Å². The van der Waals surface area contributed by atoms with E-state index in [-0.39, 0.29) is 11.6 Å². The zero-order valence-corrected chi connectivity index (χ0v) is 18.0. The van der Waals surface area contributed by atoms with Gasteiger partial charge in [0.05, 0.1) is 18.5 Å². The number of hydrogen-bond acceptors (Lipinski definition) is 6. The van der Waals surface area contributed by atoms with Crippen LogP contribution in [-0.2, 0) is 6.54 Å². The minimum Gasteiger partial charge on any atom is -0.497 e. The van der Waals surface area contributed by atoms with Crippen LogP contribution in [-0.4, -0.2) is 39.3 Å². The SMILES string of the molecule is COc1cccc(CNC(=O)c2nnn(-c3ccc(SC)cc3)c2-c2ccccn2)c1. The fourth-order valence-electron chi connectivity index (χ4n) is 3.12. The Morgan fingerprint density at radius 2 is 1.94 bits per heavy atom. The van der Waals surface area contributed by atoms with Crippen molar-refractivity contribution in [2.75, 3.05) is 13.4 Å². The maximum atomic E-state index is 13.0. The molecular weight excluding hydrogens is 410 g/mol. The quantitative estimate of drug-likeness (QED) is 0.446. The van der Waals surface area contributed by atoms with Crippen LogP contribution in [0.25, 0.3) is 17.1 Å². The van der Waals surface area contributed by atoms with Crippen LogP contribution in [0, 0.1) is 0 Å². The van der Waals surface area contributed by atoms with E-state index in [2.05, 4.69) is 20.6 Å². The van der Waals surface area contributed by atoms with E-state index < -0.39 is 0 Å². The van der Waals surface area contributed by atoms with Gasteiger partial charge < -0.3 is 10.1 Å². The van der Waals surface area contributed by atoms with E-state index in [9.17, 15) is 4.79 Å². The van der Waals surface area contributed by atoms with Crippen molar-refractivity contribution in [2.24, 2.45) is 0 Å². The Hall–Kier alpha value is -3.65. The van der Waals surface area contributed by atoms with Crippen LogP contribution in [0.5, 0.6) is 5.75 Å². The van der Waals surface area contributed by atoms with E-state index in [4.69, 9.17) is 4.74 Å². The maximum Gasteiger partial charge on any atom is 0.274 e. The van der Waals surface area contributed by atoms with Gasteiger partial charge in [0.2, 0.25) is 0 Å². The van der Waals surface area contributed by atoms with Gasteiger partial charge in [-0.3, -0.25) is 9.78 Å². The lowest BCUT2D eigenvalue weighted by Crippen LogP contribution is -2.24. The summed E-state index contributed by atoms with van der Waals surface area (Å²) in [5.41, 5.74) is 3.11. The Kier molecular flexibility index (Phi) is 6.28. The smallest absolute Gasteiger partial charge is 0.274 e. The molecule has 0 atom stereocenters. The van der Waals surface area contributed by atoms with Crippen LogP contribution in [0.3, 0.4) is 0 Å². The van der Waals surface area contributed by atoms with Gasteiger partial charge in [0.15, 0.2) is 5.69 Å². The van der Waals surface area contributed by atoms with Crippen molar-refractivity contribution in [1.29, 1.82) is 0 Å². The summed E-state index contributed by atoms with van der Waals surface area (Å²) in [6.45, 7) is 0.340. The standard InChI is InChI=1S/C23H21N5O2S/c1-30-18-7-5-6-16(14-18)15-25-23(29)21-22(20-8-3-4-13-24-20)28(27-26-21)17-9-11-19(31-2)12-10-17/h3-14H,15H2,1-2H3,(H,25,29). The van der Waals surface area contributed by atoms with Crippen LogP contribution in [0.4, 0.5) is 0 Å². The van der Waals surface area contributed by atoms with Crippen molar-refractivity contribution in [2.45, 2.75) is 11.4 Å². The number of amides is 1. The van der Waals surface area contributed by atoms with Crippen LogP contribution in [0.1, 0.15) is 16.1 Å². The zero-order valence-electron chi connectivity index (χ0n) is 17.1. The third-order valence-electron chi connectivity index (χ3n) is 4.70. The van der Waals surface area contributed by atoms with Crippen molar-refractivity contribution in [3.63, 3.8) is 0 Å². The number of hydrogen-bond donors (Lipinski definition) is 1. The van der Waals surface area contributed by atoms with Crippen LogP contribution < -0.4 is 10.1 Å². The molecule has 0 saturated heterocycles. The number of rotatable bonds is 7. The van der Waals surface area contributed by atoms with Gasteiger partial charge in [0, 0.05) is 17.6 Å². The molecule has 0 aliphatic heterocycles. The van der Waals surface area contributed by atoms with Gasteiger partial charge in [-0.15, -0.1) is 16.9 Å². The van der Waals surface area contributed by atoms with Gasteiger partial charge in [0.25, 0.3) is 5.91 Å². The Bertz CT molecular complexity index is 1180. The fraction of sp³-hybridized carbons (Fsp3) is 0.130. The highest BCUT2D eigenvalue weighted by molar-refractivity contribution is 7.98. The second-order valence-electron chi connectivity index (χ2n) is 6.65. The molecule has 1 amide bonds. The van der Waals surface area contributed by atoms with Crippen molar-refractivity contribution in [3.05, 3.63) is 84.2 Å². The van der Waals surface area contributed by atoms with Gasteiger partial charge in [-0.05, 0) is 60.4 Å². The number of nitrogens with zero attached hydrogens (tertiary/aromatic N) is 4. The number of pyridine rings is 1. The molecule has 0 aliphatic rings. The number of nitrogens with one attached hydrogen (secondary N) is 1. The van der Waals surface area contributed by atoms with Crippen molar-refractivity contribution in [3.8, 4) is 22.8 Å². The lowest BCUT2D eigenvalue weighted by atomic mass is 10.2. The summed E-state index contributed by atoms with van der Waals surface area (Å²) >= 11 is 1.66. The maximum absolute atomic E-state index is 13.0. The topological polar surface area (TPSA) is 81.9 Å². The first-order chi connectivity index (χ1) is 15.2. The minimum absolute atomic E-state index is 0.218. The highest BCUT2D eigenvalue weighted by atomic mass is 32.2. The zero-order chi connectivity index (χ0) is 21.6. The second-order valence-corrected chi connectivity index (χ2v) is 7.53. The lowest BCUT2D eigenvalue weighted by molar-refractivity contribution is 0.0946. The van der Waals surface area contributed by atoms with Crippen LogP contribution >= 0.6 is 11.8 Å². The molecule has 7 nitrogen and oxygen atoms in total. The molecular formula is C23H21N5O2S. The summed E-state index contributed by atoms with van der Waals surface area (Å²) in [4.78, 5) is 18.6. The lowest BCUT2D eigenvalue weighted by Gasteiger charge is -2.09. The number of aromatic nitrogens is 4. The van der Waals surface area contributed by atoms with Crippen LogP contribution in [0.2, 0.25) is 0 Å². The Labute approximate surface area is 184 Å². The average molecular weight is 432 g/mol. The fourth-order valence-corrected chi connectivity index (χ4v) is 3.53. The largest absolute Gasteiger partial charge is 0.497 e. The summed E-state index contributed by atoms with van der Waals surface area (Å²) in [5.74, 6) is 0.413. The molecule has 4 rings (SSSR count). The number of thioether (sulfide) groups is 1. The number of carbonyl (C=O) groups is 1. The van der Waals surface area contributed by atoms with Crippen molar-refractivity contribution in [1.82, 2.24) is 25.3 Å².